The van der Waals surface area contributed by atoms with Gasteiger partial charge < -0.3 is 5.32 Å². The second-order valence-corrected chi connectivity index (χ2v) is 9.15. The average Bonchev–Trinajstić information content (AvgIpc) is 2.28. The molecule has 0 aliphatic heterocycles. The van der Waals surface area contributed by atoms with E-state index >= 15 is 0 Å². The minimum atomic E-state index is -2.82. The molecule has 0 rings (SSSR count). The van der Waals surface area contributed by atoms with Crippen LogP contribution >= 0.6 is 0 Å². The third kappa shape index (κ3) is 7.93. The van der Waals surface area contributed by atoms with E-state index in [-0.39, 0.29) is 11.2 Å². The molecule has 19 heavy (non-hydrogen) atoms. The summed E-state index contributed by atoms with van der Waals surface area (Å²) >= 11 is 0. The van der Waals surface area contributed by atoms with Crippen molar-refractivity contribution >= 4 is 9.84 Å². The zero-order chi connectivity index (χ0) is 15.1. The number of sulfone groups is 1. The van der Waals surface area contributed by atoms with Crippen molar-refractivity contribution in [2.45, 2.75) is 54.4 Å². The Labute approximate surface area is 120 Å². The summed E-state index contributed by atoms with van der Waals surface area (Å²) in [6.07, 6.45) is 1.74. The summed E-state index contributed by atoms with van der Waals surface area (Å²) in [5.41, 5.74) is 0.179. The fourth-order valence-corrected chi connectivity index (χ4v) is 2.94. The molecule has 0 aromatic carbocycles. The Balaban J connectivity index is 4.31. The van der Waals surface area contributed by atoms with Gasteiger partial charge >= 0.3 is 0 Å². The quantitative estimate of drug-likeness (QED) is 0.673. The molecule has 1 unspecified atom stereocenters. The molecule has 1 N–H and O–H groups in total. The van der Waals surface area contributed by atoms with Crippen LogP contribution in [0.5, 0.6) is 0 Å². The zero-order valence-electron chi connectivity index (χ0n) is 13.6. The van der Waals surface area contributed by atoms with Crippen molar-refractivity contribution < 1.29 is 8.42 Å². The molecule has 0 aromatic rings. The van der Waals surface area contributed by atoms with Gasteiger partial charge in [-0.25, -0.2) is 8.42 Å². The molecule has 0 spiro atoms. The molecule has 0 saturated carbocycles. The maximum absolute atomic E-state index is 11.5. The van der Waals surface area contributed by atoms with Crippen molar-refractivity contribution in [2.24, 2.45) is 17.3 Å². The lowest BCUT2D eigenvalue weighted by Crippen LogP contribution is -2.38. The lowest BCUT2D eigenvalue weighted by Gasteiger charge is -2.34. The first-order chi connectivity index (χ1) is 8.63. The summed E-state index contributed by atoms with van der Waals surface area (Å²) in [6, 6.07) is 0. The van der Waals surface area contributed by atoms with Crippen molar-refractivity contribution in [2.75, 3.05) is 24.6 Å². The summed E-state index contributed by atoms with van der Waals surface area (Å²) in [5.74, 6) is 1.79. The van der Waals surface area contributed by atoms with Gasteiger partial charge in [0.15, 0.2) is 0 Å². The second-order valence-electron chi connectivity index (χ2n) is 6.67. The van der Waals surface area contributed by atoms with Gasteiger partial charge in [-0.05, 0) is 36.6 Å². The summed E-state index contributed by atoms with van der Waals surface area (Å²) in [5, 5.41) is 3.52. The third-order valence-corrected chi connectivity index (χ3v) is 5.91. The van der Waals surface area contributed by atoms with Crippen LogP contribution in [0.2, 0.25) is 0 Å². The summed E-state index contributed by atoms with van der Waals surface area (Å²) < 4.78 is 23.1. The van der Waals surface area contributed by atoms with Gasteiger partial charge in [0.25, 0.3) is 0 Å². The molecule has 3 nitrogen and oxygen atoms in total. The van der Waals surface area contributed by atoms with E-state index in [2.05, 4.69) is 39.9 Å². The van der Waals surface area contributed by atoms with Crippen molar-refractivity contribution in [3.05, 3.63) is 0 Å². The monoisotopic (exact) mass is 291 g/mol. The van der Waals surface area contributed by atoms with Gasteiger partial charge in [0.05, 0.1) is 5.75 Å². The Morgan fingerprint density at radius 2 is 1.74 bits per heavy atom. The lowest BCUT2D eigenvalue weighted by atomic mass is 9.75. The summed E-state index contributed by atoms with van der Waals surface area (Å²) in [6.45, 7) is 14.8. The fourth-order valence-electron chi connectivity index (χ4n) is 2.07. The van der Waals surface area contributed by atoms with Crippen LogP contribution in [0.4, 0.5) is 0 Å². The minimum Gasteiger partial charge on any atom is -0.316 e. The highest BCUT2D eigenvalue weighted by atomic mass is 32.2. The molecule has 0 aliphatic carbocycles. The highest BCUT2D eigenvalue weighted by Crippen LogP contribution is 2.31. The number of rotatable bonds is 10. The first kappa shape index (κ1) is 18.9. The molecular weight excluding hydrogens is 258 g/mol. The molecule has 0 aliphatic rings. The van der Waals surface area contributed by atoms with Gasteiger partial charge in [-0.15, -0.1) is 0 Å². The highest BCUT2D eigenvalue weighted by molar-refractivity contribution is 7.91. The van der Waals surface area contributed by atoms with E-state index < -0.39 is 9.84 Å². The molecule has 0 heterocycles. The van der Waals surface area contributed by atoms with E-state index in [0.717, 1.165) is 25.9 Å². The largest absolute Gasteiger partial charge is 0.316 e. The van der Waals surface area contributed by atoms with Gasteiger partial charge in [-0.3, -0.25) is 0 Å². The molecule has 1 atom stereocenters. The topological polar surface area (TPSA) is 46.2 Å². The molecule has 0 bridgehead atoms. The number of hydrogen-bond donors (Lipinski definition) is 1. The highest BCUT2D eigenvalue weighted by Gasteiger charge is 2.28. The molecule has 0 fully saturated rings. The van der Waals surface area contributed by atoms with Crippen LogP contribution < -0.4 is 5.32 Å². The van der Waals surface area contributed by atoms with Gasteiger partial charge in [-0.1, -0.05) is 41.5 Å². The van der Waals surface area contributed by atoms with Crippen LogP contribution in [0.15, 0.2) is 0 Å². The molecule has 116 valence electrons. The second kappa shape index (κ2) is 8.25. The SMILES string of the molecule is CCS(=O)(=O)CCCC(C)(CNCC(C)C)C(C)C. The molecule has 0 amide bonds. The van der Waals surface area contributed by atoms with Crippen molar-refractivity contribution in [3.8, 4) is 0 Å². The van der Waals surface area contributed by atoms with E-state index in [4.69, 9.17) is 0 Å². The average molecular weight is 292 g/mol. The predicted molar refractivity (Wildman–Crippen MR) is 84.2 cm³/mol. The van der Waals surface area contributed by atoms with Crippen molar-refractivity contribution in [1.29, 1.82) is 0 Å². The lowest BCUT2D eigenvalue weighted by molar-refractivity contribution is 0.187. The normalized spacial score (nSPS) is 16.0. The van der Waals surface area contributed by atoms with E-state index in [1.165, 1.54) is 0 Å². The Bertz CT molecular complexity index is 336. The number of hydrogen-bond acceptors (Lipinski definition) is 3. The summed E-state index contributed by atoms with van der Waals surface area (Å²) in [7, 11) is -2.82. The third-order valence-electron chi connectivity index (χ3n) is 4.12. The number of nitrogens with one attached hydrogen (secondary N) is 1. The van der Waals surface area contributed by atoms with Crippen molar-refractivity contribution in [1.82, 2.24) is 5.32 Å². The van der Waals surface area contributed by atoms with Gasteiger partial charge in [0, 0.05) is 12.3 Å². The van der Waals surface area contributed by atoms with Gasteiger partial charge in [0.1, 0.15) is 9.84 Å². The van der Waals surface area contributed by atoms with Crippen LogP contribution in [0.1, 0.15) is 54.4 Å². The molecule has 0 saturated heterocycles. The maximum atomic E-state index is 11.5. The Hall–Kier alpha value is -0.0900. The molecule has 0 aromatic heterocycles. The Morgan fingerprint density at radius 3 is 2.16 bits per heavy atom. The van der Waals surface area contributed by atoms with E-state index in [0.29, 0.717) is 17.6 Å². The summed E-state index contributed by atoms with van der Waals surface area (Å²) in [4.78, 5) is 0. The van der Waals surface area contributed by atoms with E-state index in [1.54, 1.807) is 6.92 Å². The Morgan fingerprint density at radius 1 is 1.16 bits per heavy atom. The van der Waals surface area contributed by atoms with Crippen LogP contribution in [0, 0.1) is 17.3 Å². The first-order valence-corrected chi connectivity index (χ1v) is 9.36. The fraction of sp³-hybridized carbons (Fsp3) is 1.00. The molecular formula is C15H33NO2S. The maximum Gasteiger partial charge on any atom is 0.150 e. The molecule has 4 heteroatoms. The van der Waals surface area contributed by atoms with E-state index in [9.17, 15) is 8.42 Å². The van der Waals surface area contributed by atoms with E-state index in [1.807, 2.05) is 0 Å². The predicted octanol–water partition coefficient (Wildman–Crippen LogP) is 3.11. The van der Waals surface area contributed by atoms with Crippen molar-refractivity contribution in [3.63, 3.8) is 0 Å². The van der Waals surface area contributed by atoms with Gasteiger partial charge in [-0.2, -0.15) is 0 Å². The van der Waals surface area contributed by atoms with Crippen LogP contribution in [0.25, 0.3) is 0 Å². The van der Waals surface area contributed by atoms with Crippen LogP contribution in [-0.4, -0.2) is 33.0 Å². The molecule has 0 radical (unpaired) electrons. The Kier molecular flexibility index (Phi) is 8.21. The smallest absolute Gasteiger partial charge is 0.150 e. The zero-order valence-corrected chi connectivity index (χ0v) is 14.4. The van der Waals surface area contributed by atoms with Crippen LogP contribution in [-0.2, 0) is 9.84 Å². The van der Waals surface area contributed by atoms with Gasteiger partial charge in [0.2, 0.25) is 0 Å². The minimum absolute atomic E-state index is 0.179. The first-order valence-electron chi connectivity index (χ1n) is 7.54. The van der Waals surface area contributed by atoms with Crippen LogP contribution in [0.3, 0.4) is 0 Å². The standard InChI is InChI=1S/C15H33NO2S/c1-7-19(17,18)10-8-9-15(6,14(4)5)12-16-11-13(2)3/h13-14,16H,7-12H2,1-6H3.